The van der Waals surface area contributed by atoms with Gasteiger partial charge >= 0.3 is 0 Å². The quantitative estimate of drug-likeness (QED) is 0.666. The molecule has 0 spiro atoms. The molecular weight excluding hydrogens is 266 g/mol. The van der Waals surface area contributed by atoms with Gasteiger partial charge < -0.3 is 16.0 Å². The molecule has 0 saturated carbocycles. The summed E-state index contributed by atoms with van der Waals surface area (Å²) < 4.78 is 22.2. The van der Waals surface area contributed by atoms with E-state index in [9.17, 15) is 13.2 Å². The molecule has 1 unspecified atom stereocenters. The summed E-state index contributed by atoms with van der Waals surface area (Å²) in [6.45, 7) is 6.43. The molecule has 0 aliphatic carbocycles. The van der Waals surface area contributed by atoms with Crippen LogP contribution in [-0.4, -0.2) is 63.0 Å². The number of nitrogens with zero attached hydrogens (tertiary/aromatic N) is 1. The van der Waals surface area contributed by atoms with Crippen LogP contribution in [0.25, 0.3) is 0 Å². The maximum absolute atomic E-state index is 11.8. The zero-order valence-electron chi connectivity index (χ0n) is 12.6. The third-order valence-corrected chi connectivity index (χ3v) is 3.57. The van der Waals surface area contributed by atoms with E-state index in [1.165, 1.54) is 6.26 Å². The summed E-state index contributed by atoms with van der Waals surface area (Å²) in [5.41, 5.74) is 5.38. The van der Waals surface area contributed by atoms with Gasteiger partial charge in [0.15, 0.2) is 0 Å². The lowest BCUT2D eigenvalue weighted by Gasteiger charge is -2.28. The Hall–Kier alpha value is -0.660. The molecule has 0 saturated heterocycles. The van der Waals surface area contributed by atoms with Crippen molar-refractivity contribution >= 4 is 15.7 Å². The van der Waals surface area contributed by atoms with Crippen molar-refractivity contribution in [2.45, 2.75) is 38.8 Å². The molecule has 6 nitrogen and oxygen atoms in total. The first-order chi connectivity index (χ1) is 8.44. The average molecular weight is 293 g/mol. The van der Waals surface area contributed by atoms with Crippen LogP contribution in [0, 0.1) is 0 Å². The van der Waals surface area contributed by atoms with Crippen molar-refractivity contribution in [2.24, 2.45) is 5.73 Å². The van der Waals surface area contributed by atoms with Crippen LogP contribution >= 0.6 is 0 Å². The van der Waals surface area contributed by atoms with Gasteiger partial charge in [0.25, 0.3) is 0 Å². The van der Waals surface area contributed by atoms with Gasteiger partial charge in [0, 0.05) is 37.3 Å². The fraction of sp³-hybridized carbons (Fsp3) is 0.917. The Morgan fingerprint density at radius 1 is 1.37 bits per heavy atom. The lowest BCUT2D eigenvalue weighted by atomic mass is 10.1. The summed E-state index contributed by atoms with van der Waals surface area (Å²) in [6.07, 6.45) is 1.47. The maximum Gasteiger partial charge on any atom is 0.222 e. The Kier molecular flexibility index (Phi) is 6.96. The Morgan fingerprint density at radius 3 is 2.26 bits per heavy atom. The molecule has 0 bridgehead atoms. The molecule has 0 aliphatic rings. The van der Waals surface area contributed by atoms with E-state index in [2.05, 4.69) is 5.32 Å². The Balaban J connectivity index is 4.37. The van der Waals surface area contributed by atoms with Crippen LogP contribution in [0.4, 0.5) is 0 Å². The van der Waals surface area contributed by atoms with Crippen LogP contribution in [0.2, 0.25) is 0 Å². The van der Waals surface area contributed by atoms with Gasteiger partial charge in [0.1, 0.15) is 9.84 Å². The summed E-state index contributed by atoms with van der Waals surface area (Å²) in [7, 11) is -1.22. The summed E-state index contributed by atoms with van der Waals surface area (Å²) >= 11 is 0. The highest BCUT2D eigenvalue weighted by Crippen LogP contribution is 2.05. The van der Waals surface area contributed by atoms with E-state index in [0.29, 0.717) is 13.1 Å². The standard InChI is InChI=1S/C12H27N3O3S/c1-12(2,3)14-11(16)8-10(9-13)15(4)6-7-19(5,17)18/h10H,6-9,13H2,1-5H3,(H,14,16). The van der Waals surface area contributed by atoms with Crippen LogP contribution in [-0.2, 0) is 14.6 Å². The SMILES string of the molecule is CN(CCS(C)(=O)=O)C(CN)CC(=O)NC(C)(C)C. The number of nitrogens with one attached hydrogen (secondary N) is 1. The van der Waals surface area contributed by atoms with Gasteiger partial charge in [-0.3, -0.25) is 4.79 Å². The van der Waals surface area contributed by atoms with Crippen LogP contribution in [0.5, 0.6) is 0 Å². The van der Waals surface area contributed by atoms with E-state index < -0.39 is 9.84 Å². The van der Waals surface area contributed by atoms with Crippen molar-refractivity contribution in [3.63, 3.8) is 0 Å². The second-order valence-corrected chi connectivity index (χ2v) is 8.26. The van der Waals surface area contributed by atoms with Gasteiger partial charge in [-0.15, -0.1) is 0 Å². The van der Waals surface area contributed by atoms with Gasteiger partial charge in [-0.1, -0.05) is 0 Å². The van der Waals surface area contributed by atoms with Crippen molar-refractivity contribution in [3.8, 4) is 0 Å². The molecule has 0 aromatic carbocycles. The summed E-state index contributed by atoms with van der Waals surface area (Å²) in [4.78, 5) is 13.6. The van der Waals surface area contributed by atoms with E-state index in [-0.39, 0.29) is 29.7 Å². The molecule has 3 N–H and O–H groups in total. The first-order valence-corrected chi connectivity index (χ1v) is 8.39. The molecule has 0 heterocycles. The first-order valence-electron chi connectivity index (χ1n) is 6.33. The molecule has 19 heavy (non-hydrogen) atoms. The van der Waals surface area contributed by atoms with Gasteiger partial charge in [0.2, 0.25) is 5.91 Å². The van der Waals surface area contributed by atoms with Crippen molar-refractivity contribution in [1.82, 2.24) is 10.2 Å². The average Bonchev–Trinajstić information content (AvgIpc) is 2.18. The highest BCUT2D eigenvalue weighted by molar-refractivity contribution is 7.90. The molecule has 114 valence electrons. The van der Waals surface area contributed by atoms with Crippen molar-refractivity contribution in [3.05, 3.63) is 0 Å². The fourth-order valence-electron chi connectivity index (χ4n) is 1.59. The Labute approximate surface area is 116 Å². The second-order valence-electron chi connectivity index (χ2n) is 6.00. The number of likely N-dealkylation sites (N-methyl/N-ethyl adjacent to an activating group) is 1. The highest BCUT2D eigenvalue weighted by Gasteiger charge is 2.21. The third kappa shape index (κ3) is 9.86. The first kappa shape index (κ1) is 18.3. The minimum absolute atomic E-state index is 0.0703. The molecule has 0 fully saturated rings. The number of carbonyl (C=O) groups is 1. The van der Waals surface area contributed by atoms with E-state index in [1.54, 1.807) is 7.05 Å². The van der Waals surface area contributed by atoms with Gasteiger partial charge in [-0.05, 0) is 27.8 Å². The van der Waals surface area contributed by atoms with Crippen LogP contribution in [0.15, 0.2) is 0 Å². The molecule has 1 atom stereocenters. The number of rotatable bonds is 7. The summed E-state index contributed by atoms with van der Waals surface area (Å²) in [6, 6.07) is -0.149. The number of amides is 1. The lowest BCUT2D eigenvalue weighted by Crippen LogP contribution is -2.47. The predicted molar refractivity (Wildman–Crippen MR) is 77.7 cm³/mol. The monoisotopic (exact) mass is 293 g/mol. The number of carbonyl (C=O) groups excluding carboxylic acids is 1. The topological polar surface area (TPSA) is 92.5 Å². The Bertz CT molecular complexity index is 388. The Morgan fingerprint density at radius 2 is 1.89 bits per heavy atom. The van der Waals surface area contributed by atoms with Crippen LogP contribution in [0.1, 0.15) is 27.2 Å². The smallest absolute Gasteiger partial charge is 0.222 e. The zero-order valence-corrected chi connectivity index (χ0v) is 13.4. The minimum atomic E-state index is -3.00. The lowest BCUT2D eigenvalue weighted by molar-refractivity contribution is -0.123. The van der Waals surface area contributed by atoms with E-state index in [1.807, 2.05) is 25.7 Å². The number of hydrogen-bond acceptors (Lipinski definition) is 5. The van der Waals surface area contributed by atoms with E-state index >= 15 is 0 Å². The molecule has 0 aromatic rings. The molecule has 0 radical (unpaired) electrons. The van der Waals surface area contributed by atoms with Gasteiger partial charge in [-0.2, -0.15) is 0 Å². The summed E-state index contributed by atoms with van der Waals surface area (Å²) in [5.74, 6) is -0.00453. The second kappa shape index (κ2) is 7.21. The normalized spacial score (nSPS) is 14.5. The van der Waals surface area contributed by atoms with Crippen LogP contribution < -0.4 is 11.1 Å². The number of nitrogens with two attached hydrogens (primary N) is 1. The molecule has 0 aliphatic heterocycles. The van der Waals surface area contributed by atoms with Crippen molar-refractivity contribution < 1.29 is 13.2 Å². The van der Waals surface area contributed by atoms with Crippen molar-refractivity contribution in [2.75, 3.05) is 32.1 Å². The predicted octanol–water partition coefficient (Wildman–Crippen LogP) is -0.405. The molecule has 1 amide bonds. The molecular formula is C12H27N3O3S. The van der Waals surface area contributed by atoms with E-state index in [4.69, 9.17) is 5.73 Å². The van der Waals surface area contributed by atoms with Gasteiger partial charge in [0.05, 0.1) is 5.75 Å². The number of hydrogen-bond donors (Lipinski definition) is 2. The molecule has 0 aromatic heterocycles. The zero-order chi connectivity index (χ0) is 15.3. The molecule has 7 heteroatoms. The van der Waals surface area contributed by atoms with Gasteiger partial charge in [-0.25, -0.2) is 8.42 Å². The largest absolute Gasteiger partial charge is 0.351 e. The van der Waals surface area contributed by atoms with E-state index in [0.717, 1.165) is 0 Å². The fourth-order valence-corrected chi connectivity index (χ4v) is 2.21. The third-order valence-electron chi connectivity index (χ3n) is 2.65. The number of sulfone groups is 1. The highest BCUT2D eigenvalue weighted by atomic mass is 32.2. The minimum Gasteiger partial charge on any atom is -0.351 e. The van der Waals surface area contributed by atoms with Crippen LogP contribution in [0.3, 0.4) is 0 Å². The molecule has 0 rings (SSSR count). The van der Waals surface area contributed by atoms with Crippen molar-refractivity contribution in [1.29, 1.82) is 0 Å². The summed E-state index contributed by atoms with van der Waals surface area (Å²) in [5, 5.41) is 2.87. The maximum atomic E-state index is 11.8.